The molecule has 0 bridgehead atoms. The minimum Gasteiger partial charge on any atom is -0.365 e. The first kappa shape index (κ1) is 21.0. The molecule has 1 fully saturated rings. The van der Waals surface area contributed by atoms with Crippen LogP contribution < -0.4 is 4.90 Å². The maximum atomic E-state index is 14.0. The van der Waals surface area contributed by atoms with Crippen molar-refractivity contribution in [3.05, 3.63) is 41.1 Å². The Bertz CT molecular complexity index is 1230. The number of pyridine rings is 1. The summed E-state index contributed by atoms with van der Waals surface area (Å²) in [5, 5.41) is 4.65. The van der Waals surface area contributed by atoms with Crippen LogP contribution in [0.25, 0.3) is 22.3 Å². The van der Waals surface area contributed by atoms with Gasteiger partial charge in [-0.3, -0.25) is 9.48 Å². The van der Waals surface area contributed by atoms with Crippen LogP contribution in [-0.4, -0.2) is 33.1 Å². The van der Waals surface area contributed by atoms with Gasteiger partial charge in [-0.1, -0.05) is 19.1 Å². The summed E-state index contributed by atoms with van der Waals surface area (Å²) in [5.74, 6) is 0.269. The van der Waals surface area contributed by atoms with E-state index in [1.165, 1.54) is 31.9 Å². The Morgan fingerprint density at radius 3 is 2.59 bits per heavy atom. The first-order valence-electron chi connectivity index (χ1n) is 11.0. The highest BCUT2D eigenvalue weighted by molar-refractivity contribution is 6.00. The molecule has 5 nitrogen and oxygen atoms in total. The van der Waals surface area contributed by atoms with Crippen LogP contribution in [0.1, 0.15) is 54.7 Å². The molecule has 32 heavy (non-hydrogen) atoms. The van der Waals surface area contributed by atoms with Crippen LogP contribution >= 0.6 is 0 Å². The van der Waals surface area contributed by atoms with E-state index in [1.807, 2.05) is 17.7 Å². The number of rotatable bonds is 5. The number of Topliss-reactive ketones (excluding diaryl/α,β-unsaturated/α-hetero) is 1. The molecule has 168 valence electrons. The number of hydrogen-bond acceptors (Lipinski definition) is 4. The van der Waals surface area contributed by atoms with E-state index in [9.17, 15) is 18.0 Å². The number of alkyl halides is 3. The Morgan fingerprint density at radius 2 is 1.97 bits per heavy atom. The van der Waals surface area contributed by atoms with E-state index in [2.05, 4.69) is 21.9 Å². The molecule has 1 saturated carbocycles. The summed E-state index contributed by atoms with van der Waals surface area (Å²) in [4.78, 5) is 18.8. The quantitative estimate of drug-likeness (QED) is 0.480. The van der Waals surface area contributed by atoms with Gasteiger partial charge in [-0.15, -0.1) is 0 Å². The van der Waals surface area contributed by atoms with E-state index in [4.69, 9.17) is 0 Å². The molecule has 3 aromatic rings. The predicted molar refractivity (Wildman–Crippen MR) is 117 cm³/mol. The van der Waals surface area contributed by atoms with Crippen molar-refractivity contribution in [2.24, 2.45) is 5.92 Å². The van der Waals surface area contributed by atoms with Crippen LogP contribution in [0.15, 0.2) is 24.3 Å². The molecule has 2 aromatic heterocycles. The van der Waals surface area contributed by atoms with Crippen molar-refractivity contribution in [2.75, 3.05) is 11.4 Å². The summed E-state index contributed by atoms with van der Waals surface area (Å²) >= 11 is 0. The van der Waals surface area contributed by atoms with E-state index in [0.29, 0.717) is 18.0 Å². The Balaban J connectivity index is 1.74. The molecule has 0 unspecified atom stereocenters. The van der Waals surface area contributed by atoms with Crippen LogP contribution in [0, 0.1) is 12.8 Å². The zero-order valence-electron chi connectivity index (χ0n) is 18.3. The molecule has 0 saturated heterocycles. The molecule has 0 N–H and O–H groups in total. The number of nitrogens with zero attached hydrogens (tertiary/aromatic N) is 4. The molecule has 8 heteroatoms. The zero-order valence-corrected chi connectivity index (χ0v) is 18.3. The fourth-order valence-corrected chi connectivity index (χ4v) is 4.69. The Labute approximate surface area is 184 Å². The second-order valence-electron chi connectivity index (χ2n) is 8.98. The van der Waals surface area contributed by atoms with Gasteiger partial charge in [-0.25, -0.2) is 4.98 Å². The van der Waals surface area contributed by atoms with E-state index < -0.39 is 17.5 Å². The van der Waals surface area contributed by atoms with E-state index in [-0.39, 0.29) is 22.9 Å². The van der Waals surface area contributed by atoms with Crippen molar-refractivity contribution in [3.63, 3.8) is 0 Å². The van der Waals surface area contributed by atoms with Gasteiger partial charge >= 0.3 is 6.18 Å². The van der Waals surface area contributed by atoms with Gasteiger partial charge in [-0.05, 0) is 51.2 Å². The zero-order chi connectivity index (χ0) is 22.8. The van der Waals surface area contributed by atoms with Gasteiger partial charge in [0.2, 0.25) is 0 Å². The van der Waals surface area contributed by atoms with Crippen molar-refractivity contribution in [1.29, 1.82) is 0 Å². The lowest BCUT2D eigenvalue weighted by Crippen LogP contribution is -2.42. The molecule has 0 amide bonds. The number of aromatic nitrogens is 3. The Hall–Kier alpha value is -2.90. The monoisotopic (exact) mass is 442 g/mol. The van der Waals surface area contributed by atoms with Crippen LogP contribution in [0.5, 0.6) is 0 Å². The van der Waals surface area contributed by atoms with Crippen molar-refractivity contribution in [1.82, 2.24) is 14.8 Å². The van der Waals surface area contributed by atoms with Crippen molar-refractivity contribution in [3.8, 4) is 11.3 Å². The fourth-order valence-electron chi connectivity index (χ4n) is 4.69. The summed E-state index contributed by atoms with van der Waals surface area (Å²) in [6.45, 7) is 6.83. The lowest BCUT2D eigenvalue weighted by molar-refractivity contribution is -0.137. The van der Waals surface area contributed by atoms with Crippen molar-refractivity contribution >= 4 is 22.5 Å². The van der Waals surface area contributed by atoms with Crippen LogP contribution in [0.4, 0.5) is 18.9 Å². The van der Waals surface area contributed by atoms with E-state index >= 15 is 0 Å². The van der Waals surface area contributed by atoms with Gasteiger partial charge in [0, 0.05) is 29.4 Å². The normalized spacial score (nSPS) is 18.4. The molecule has 0 radical (unpaired) electrons. The SMILES string of the molecule is CC[C@H]1Cn2nc(-c3ccc(C(C)=O)cc3C(F)(F)F)c3nc(C)cc(c32)N1CC1CC1. The third kappa shape index (κ3) is 3.45. The number of ketones is 1. The second kappa shape index (κ2) is 7.32. The summed E-state index contributed by atoms with van der Waals surface area (Å²) < 4.78 is 43.8. The average molecular weight is 442 g/mol. The van der Waals surface area contributed by atoms with Gasteiger partial charge in [0.05, 0.1) is 17.8 Å². The van der Waals surface area contributed by atoms with Gasteiger partial charge in [-0.2, -0.15) is 18.3 Å². The average Bonchev–Trinajstić information content (AvgIpc) is 3.48. The highest BCUT2D eigenvalue weighted by Gasteiger charge is 2.38. The minimum atomic E-state index is -4.62. The Kier molecular flexibility index (Phi) is 4.80. The molecule has 1 aliphatic carbocycles. The van der Waals surface area contributed by atoms with Gasteiger partial charge in [0.1, 0.15) is 16.7 Å². The number of carbonyl (C=O) groups is 1. The Morgan fingerprint density at radius 1 is 1.22 bits per heavy atom. The van der Waals surface area contributed by atoms with Crippen molar-refractivity contribution < 1.29 is 18.0 Å². The number of halogens is 3. The molecule has 1 aliphatic heterocycles. The lowest BCUT2D eigenvalue weighted by atomic mass is 9.98. The smallest absolute Gasteiger partial charge is 0.365 e. The molecule has 5 rings (SSSR count). The number of anilines is 1. The van der Waals surface area contributed by atoms with Gasteiger partial charge < -0.3 is 4.90 Å². The molecule has 1 aromatic carbocycles. The minimum absolute atomic E-state index is 0.0283. The number of hydrogen-bond donors (Lipinski definition) is 0. The molecule has 2 aliphatic rings. The highest BCUT2D eigenvalue weighted by atomic mass is 19.4. The van der Waals surface area contributed by atoms with Crippen LogP contribution in [0.2, 0.25) is 0 Å². The van der Waals surface area contributed by atoms with E-state index in [1.54, 1.807) is 0 Å². The summed E-state index contributed by atoms with van der Waals surface area (Å²) in [5.41, 5.74) is 2.37. The second-order valence-corrected chi connectivity index (χ2v) is 8.98. The fraction of sp³-hybridized carbons (Fsp3) is 0.458. The first-order valence-corrected chi connectivity index (χ1v) is 11.0. The molecule has 1 atom stereocenters. The summed E-state index contributed by atoms with van der Waals surface area (Å²) in [6.07, 6.45) is -1.25. The summed E-state index contributed by atoms with van der Waals surface area (Å²) in [7, 11) is 0. The highest BCUT2D eigenvalue weighted by Crippen LogP contribution is 2.43. The van der Waals surface area contributed by atoms with Crippen molar-refractivity contribution in [2.45, 2.75) is 58.8 Å². The van der Waals surface area contributed by atoms with Crippen LogP contribution in [-0.2, 0) is 12.7 Å². The maximum Gasteiger partial charge on any atom is 0.417 e. The largest absolute Gasteiger partial charge is 0.417 e. The number of aryl methyl sites for hydroxylation is 1. The molecule has 0 spiro atoms. The third-order valence-corrected chi connectivity index (χ3v) is 6.55. The maximum absolute atomic E-state index is 14.0. The molecular weight excluding hydrogens is 417 g/mol. The topological polar surface area (TPSA) is 51.0 Å². The van der Waals surface area contributed by atoms with Gasteiger partial charge in [0.15, 0.2) is 5.78 Å². The van der Waals surface area contributed by atoms with Gasteiger partial charge in [0.25, 0.3) is 0 Å². The molecular formula is C24H25F3N4O. The lowest BCUT2D eigenvalue weighted by Gasteiger charge is -2.37. The standard InChI is InChI=1S/C24H25F3N4O/c1-4-17-12-31-23-20(30(17)11-15-5-6-15)9-13(2)28-22(23)21(29-31)18-8-7-16(14(3)32)10-19(18)24(25,26)27/h7-10,15,17H,4-6,11-12H2,1-3H3/t17-/m0/s1. The van der Waals surface area contributed by atoms with E-state index in [0.717, 1.165) is 35.9 Å². The third-order valence-electron chi connectivity index (χ3n) is 6.55. The predicted octanol–water partition coefficient (Wildman–Crippen LogP) is 5.64. The van der Waals surface area contributed by atoms with Crippen LogP contribution in [0.3, 0.4) is 0 Å². The number of benzene rings is 1. The number of carbonyl (C=O) groups excluding carboxylic acids is 1. The first-order chi connectivity index (χ1) is 15.2. The summed E-state index contributed by atoms with van der Waals surface area (Å²) in [6, 6.07) is 5.98. The molecule has 3 heterocycles.